The van der Waals surface area contributed by atoms with Gasteiger partial charge in [0.2, 0.25) is 0 Å². The summed E-state index contributed by atoms with van der Waals surface area (Å²) in [7, 11) is 4.04. The Balaban J connectivity index is 2.27. The van der Waals surface area contributed by atoms with Crippen LogP contribution in [-0.2, 0) is 31.3 Å². The molecular formula is C19H32N4. The van der Waals surface area contributed by atoms with Crippen LogP contribution in [0.25, 0.3) is 0 Å². The second-order valence-electron chi connectivity index (χ2n) is 8.47. The van der Waals surface area contributed by atoms with Crippen LogP contribution in [0.3, 0.4) is 0 Å². The van der Waals surface area contributed by atoms with Crippen molar-refractivity contribution in [2.24, 2.45) is 14.1 Å². The maximum Gasteiger partial charge on any atom is 0.0664 e. The summed E-state index contributed by atoms with van der Waals surface area (Å²) in [5.74, 6) is 0. The number of hydrogen-bond donors (Lipinski definition) is 0. The largest absolute Gasteiger partial charge is 0.275 e. The number of aryl methyl sites for hydroxylation is 4. The molecule has 0 bridgehead atoms. The Morgan fingerprint density at radius 1 is 1.00 bits per heavy atom. The average molecular weight is 316 g/mol. The Labute approximate surface area is 140 Å². The topological polar surface area (TPSA) is 35.6 Å². The summed E-state index contributed by atoms with van der Waals surface area (Å²) in [5, 5.41) is 9.30. The van der Waals surface area contributed by atoms with Crippen molar-refractivity contribution < 1.29 is 0 Å². The van der Waals surface area contributed by atoms with Crippen LogP contribution in [0.5, 0.6) is 0 Å². The van der Waals surface area contributed by atoms with Crippen LogP contribution in [0, 0.1) is 13.8 Å². The fourth-order valence-electron chi connectivity index (χ4n) is 3.66. The van der Waals surface area contributed by atoms with Gasteiger partial charge >= 0.3 is 0 Å². The third-order valence-corrected chi connectivity index (χ3v) is 4.89. The van der Waals surface area contributed by atoms with E-state index in [-0.39, 0.29) is 10.8 Å². The van der Waals surface area contributed by atoms with E-state index in [1.54, 1.807) is 0 Å². The molecule has 0 aromatic carbocycles. The summed E-state index contributed by atoms with van der Waals surface area (Å²) in [4.78, 5) is 0. The van der Waals surface area contributed by atoms with Crippen LogP contribution in [0.2, 0.25) is 0 Å². The van der Waals surface area contributed by atoms with Gasteiger partial charge in [-0.1, -0.05) is 34.6 Å². The molecule has 0 N–H and O–H groups in total. The SMILES string of the molecule is Cc1nn(C)cc1C(C)(C)CCc1nn(C)c(C)c1C(C)(C)C. The van der Waals surface area contributed by atoms with Crippen LogP contribution < -0.4 is 0 Å². The van der Waals surface area contributed by atoms with Gasteiger partial charge in [-0.05, 0) is 43.1 Å². The van der Waals surface area contributed by atoms with Gasteiger partial charge in [-0.3, -0.25) is 9.36 Å². The molecule has 0 radical (unpaired) electrons. The highest BCUT2D eigenvalue weighted by Crippen LogP contribution is 2.34. The summed E-state index contributed by atoms with van der Waals surface area (Å²) in [6, 6.07) is 0. The maximum absolute atomic E-state index is 4.80. The van der Waals surface area contributed by atoms with E-state index in [2.05, 4.69) is 59.8 Å². The molecule has 128 valence electrons. The lowest BCUT2D eigenvalue weighted by Gasteiger charge is -2.25. The highest BCUT2D eigenvalue weighted by atomic mass is 15.3. The standard InChI is InChI=1S/C19H32N4/c1-13-15(12-22(8)20-13)19(6,7)11-10-16-17(18(3,4)5)14(2)23(9)21-16/h12H,10-11H2,1-9H3. The molecule has 0 aliphatic rings. The molecule has 0 saturated carbocycles. The summed E-state index contributed by atoms with van der Waals surface area (Å²) < 4.78 is 3.94. The van der Waals surface area contributed by atoms with Crippen LogP contribution in [-0.4, -0.2) is 19.6 Å². The molecule has 0 aliphatic heterocycles. The van der Waals surface area contributed by atoms with Crippen LogP contribution in [0.15, 0.2) is 6.20 Å². The van der Waals surface area contributed by atoms with Gasteiger partial charge in [0.1, 0.15) is 0 Å². The van der Waals surface area contributed by atoms with Crippen LogP contribution in [0.4, 0.5) is 0 Å². The maximum atomic E-state index is 4.80. The summed E-state index contributed by atoms with van der Waals surface area (Å²) in [6.45, 7) is 15.7. The molecule has 0 fully saturated rings. The zero-order chi connectivity index (χ0) is 17.6. The minimum atomic E-state index is 0.0962. The second-order valence-corrected chi connectivity index (χ2v) is 8.47. The lowest BCUT2D eigenvalue weighted by atomic mass is 9.78. The fourth-order valence-corrected chi connectivity index (χ4v) is 3.66. The third kappa shape index (κ3) is 3.51. The molecule has 0 atom stereocenters. The Kier molecular flexibility index (Phi) is 4.49. The minimum absolute atomic E-state index is 0.0962. The zero-order valence-electron chi connectivity index (χ0n) is 16.3. The second kappa shape index (κ2) is 5.81. The van der Waals surface area contributed by atoms with Crippen molar-refractivity contribution in [3.8, 4) is 0 Å². The van der Waals surface area contributed by atoms with Gasteiger partial charge < -0.3 is 0 Å². The first-order valence-corrected chi connectivity index (χ1v) is 8.47. The van der Waals surface area contributed by atoms with E-state index in [0.717, 1.165) is 18.5 Å². The molecule has 23 heavy (non-hydrogen) atoms. The quantitative estimate of drug-likeness (QED) is 0.855. The molecule has 4 nitrogen and oxygen atoms in total. The van der Waals surface area contributed by atoms with Crippen LogP contribution in [0.1, 0.15) is 69.2 Å². The van der Waals surface area contributed by atoms with Crippen molar-refractivity contribution in [2.75, 3.05) is 0 Å². The predicted octanol–water partition coefficient (Wildman–Crippen LogP) is 3.98. The van der Waals surface area contributed by atoms with E-state index in [4.69, 9.17) is 5.10 Å². The number of nitrogens with zero attached hydrogens (tertiary/aromatic N) is 4. The number of hydrogen-bond acceptors (Lipinski definition) is 2. The lowest BCUT2D eigenvalue weighted by molar-refractivity contribution is 0.468. The van der Waals surface area contributed by atoms with E-state index >= 15 is 0 Å². The summed E-state index contributed by atoms with van der Waals surface area (Å²) >= 11 is 0. The van der Waals surface area contributed by atoms with Gasteiger partial charge in [0.25, 0.3) is 0 Å². The first kappa shape index (κ1) is 17.8. The molecule has 0 saturated heterocycles. The Morgan fingerprint density at radius 2 is 1.61 bits per heavy atom. The van der Waals surface area contributed by atoms with Gasteiger partial charge in [0, 0.05) is 31.5 Å². The van der Waals surface area contributed by atoms with E-state index in [1.165, 1.54) is 22.5 Å². The highest BCUT2D eigenvalue weighted by Gasteiger charge is 2.28. The molecule has 0 amide bonds. The van der Waals surface area contributed by atoms with Crippen molar-refractivity contribution >= 4 is 0 Å². The highest BCUT2D eigenvalue weighted by molar-refractivity contribution is 5.33. The normalized spacial score (nSPS) is 12.9. The predicted molar refractivity (Wildman–Crippen MR) is 95.9 cm³/mol. The van der Waals surface area contributed by atoms with Crippen molar-refractivity contribution in [3.63, 3.8) is 0 Å². The molecule has 2 rings (SSSR count). The number of rotatable bonds is 4. The van der Waals surface area contributed by atoms with Gasteiger partial charge in [0.05, 0.1) is 11.4 Å². The Morgan fingerprint density at radius 3 is 2.09 bits per heavy atom. The average Bonchev–Trinajstić information content (AvgIpc) is 2.87. The third-order valence-electron chi connectivity index (χ3n) is 4.89. The van der Waals surface area contributed by atoms with E-state index in [1.807, 2.05) is 23.5 Å². The molecule has 2 heterocycles. The van der Waals surface area contributed by atoms with E-state index in [9.17, 15) is 0 Å². The smallest absolute Gasteiger partial charge is 0.0664 e. The Hall–Kier alpha value is -1.58. The molecule has 0 unspecified atom stereocenters. The van der Waals surface area contributed by atoms with Gasteiger partial charge in [-0.2, -0.15) is 10.2 Å². The van der Waals surface area contributed by atoms with E-state index < -0.39 is 0 Å². The van der Waals surface area contributed by atoms with Gasteiger partial charge in [-0.15, -0.1) is 0 Å². The van der Waals surface area contributed by atoms with Crippen molar-refractivity contribution in [1.82, 2.24) is 19.6 Å². The minimum Gasteiger partial charge on any atom is -0.275 e. The molecular weight excluding hydrogens is 284 g/mol. The van der Waals surface area contributed by atoms with Crippen molar-refractivity contribution in [2.45, 2.75) is 72.1 Å². The molecule has 2 aromatic heterocycles. The summed E-state index contributed by atoms with van der Waals surface area (Å²) in [5.41, 5.74) is 6.62. The fraction of sp³-hybridized carbons (Fsp3) is 0.684. The van der Waals surface area contributed by atoms with Crippen molar-refractivity contribution in [1.29, 1.82) is 0 Å². The number of aromatic nitrogens is 4. The molecule has 0 spiro atoms. The Bertz CT molecular complexity index is 696. The lowest BCUT2D eigenvalue weighted by Crippen LogP contribution is -2.20. The van der Waals surface area contributed by atoms with E-state index in [0.29, 0.717) is 0 Å². The monoisotopic (exact) mass is 316 g/mol. The first-order chi connectivity index (χ1) is 10.4. The summed E-state index contributed by atoms with van der Waals surface area (Å²) in [6.07, 6.45) is 4.22. The van der Waals surface area contributed by atoms with Crippen LogP contribution >= 0.6 is 0 Å². The molecule has 4 heteroatoms. The molecule has 0 aliphatic carbocycles. The van der Waals surface area contributed by atoms with Crippen molar-refractivity contribution in [3.05, 3.63) is 34.4 Å². The zero-order valence-corrected chi connectivity index (χ0v) is 16.3. The van der Waals surface area contributed by atoms with Gasteiger partial charge in [-0.25, -0.2) is 0 Å². The molecule has 2 aromatic rings. The van der Waals surface area contributed by atoms with Gasteiger partial charge in [0.15, 0.2) is 0 Å². The first-order valence-electron chi connectivity index (χ1n) is 8.47.